The molecule has 42 heavy (non-hydrogen) atoms. The van der Waals surface area contributed by atoms with Gasteiger partial charge < -0.3 is 19.5 Å². The number of carbonyl (C=O) groups is 2. The standard InChI is InChI=1S/C30H27F6NO5/c1-18(19-6-4-3-5-7-19)26(38)37-17-24(42-23-12-8-20(9-13-23)27(39)41-2)14-10-21-16-22(11-15-25(21)37)28(40,29(31,32)33)30(34,35)36/h3-9,11-13,15-16,18,24,40H,10,14,17H2,1-2H3. The van der Waals surface area contributed by atoms with E-state index in [1.54, 1.807) is 37.3 Å². The van der Waals surface area contributed by atoms with E-state index in [0.717, 1.165) is 6.07 Å². The molecule has 1 aliphatic rings. The molecule has 1 N–H and O–H groups in total. The van der Waals surface area contributed by atoms with Gasteiger partial charge >= 0.3 is 18.3 Å². The van der Waals surface area contributed by atoms with Gasteiger partial charge in [-0.2, -0.15) is 26.3 Å². The number of hydrogen-bond acceptors (Lipinski definition) is 5. The smallest absolute Gasteiger partial charge is 0.430 e. The van der Waals surface area contributed by atoms with Crippen LogP contribution in [0.1, 0.15) is 46.3 Å². The van der Waals surface area contributed by atoms with Gasteiger partial charge in [-0.25, -0.2) is 4.79 Å². The number of benzene rings is 3. The van der Waals surface area contributed by atoms with Gasteiger partial charge in [0.15, 0.2) is 0 Å². The maximum absolute atomic E-state index is 13.8. The van der Waals surface area contributed by atoms with Gasteiger partial charge in [0.1, 0.15) is 11.9 Å². The topological polar surface area (TPSA) is 76.1 Å². The van der Waals surface area contributed by atoms with Gasteiger partial charge in [0.05, 0.1) is 25.1 Å². The number of alkyl halides is 6. The van der Waals surface area contributed by atoms with Crippen molar-refractivity contribution in [3.63, 3.8) is 0 Å². The number of amides is 1. The molecule has 0 saturated heterocycles. The van der Waals surface area contributed by atoms with Crippen molar-refractivity contribution >= 4 is 17.6 Å². The van der Waals surface area contributed by atoms with Crippen molar-refractivity contribution in [1.29, 1.82) is 0 Å². The number of fused-ring (bicyclic) bond motifs is 1. The zero-order chi connectivity index (χ0) is 30.9. The Morgan fingerprint density at radius 2 is 1.55 bits per heavy atom. The third-order valence-corrected chi connectivity index (χ3v) is 7.24. The number of ether oxygens (including phenoxy) is 2. The van der Waals surface area contributed by atoms with Crippen LogP contribution in [0.15, 0.2) is 72.8 Å². The Morgan fingerprint density at radius 1 is 0.929 bits per heavy atom. The predicted octanol–water partition coefficient (Wildman–Crippen LogP) is 6.32. The fourth-order valence-corrected chi connectivity index (χ4v) is 4.87. The number of methoxy groups -OCH3 is 1. The van der Waals surface area contributed by atoms with Gasteiger partial charge in [0.25, 0.3) is 5.60 Å². The Morgan fingerprint density at radius 3 is 2.12 bits per heavy atom. The largest absolute Gasteiger partial charge is 0.489 e. The molecule has 2 unspecified atom stereocenters. The van der Waals surface area contributed by atoms with Crippen molar-refractivity contribution in [2.24, 2.45) is 0 Å². The highest BCUT2D eigenvalue weighted by Crippen LogP contribution is 2.51. The van der Waals surface area contributed by atoms with Crippen molar-refractivity contribution in [2.45, 2.75) is 49.7 Å². The molecule has 3 aromatic rings. The summed E-state index contributed by atoms with van der Waals surface area (Å²) in [6, 6.07) is 16.8. The van der Waals surface area contributed by atoms with E-state index in [2.05, 4.69) is 4.74 Å². The minimum Gasteiger partial charge on any atom is -0.489 e. The summed E-state index contributed by atoms with van der Waals surface area (Å²) in [5, 5.41) is 9.98. The second-order valence-corrected chi connectivity index (χ2v) is 9.93. The first-order valence-electron chi connectivity index (χ1n) is 12.9. The van der Waals surface area contributed by atoms with Crippen molar-refractivity contribution in [3.8, 4) is 5.75 Å². The van der Waals surface area contributed by atoms with Crippen LogP contribution < -0.4 is 9.64 Å². The Kier molecular flexibility index (Phi) is 8.58. The van der Waals surface area contributed by atoms with Gasteiger partial charge in [-0.05, 0) is 61.2 Å². The number of rotatable bonds is 6. The lowest BCUT2D eigenvalue weighted by atomic mass is 9.89. The Bertz CT molecular complexity index is 1410. The minimum absolute atomic E-state index is 0.0141. The Labute approximate surface area is 237 Å². The molecule has 0 fully saturated rings. The zero-order valence-electron chi connectivity index (χ0n) is 22.5. The van der Waals surface area contributed by atoms with Gasteiger partial charge in [-0.15, -0.1) is 0 Å². The summed E-state index contributed by atoms with van der Waals surface area (Å²) >= 11 is 0. The Balaban J connectivity index is 1.73. The van der Waals surface area contributed by atoms with Crippen LogP contribution in [0.3, 0.4) is 0 Å². The zero-order valence-corrected chi connectivity index (χ0v) is 22.5. The van der Waals surface area contributed by atoms with Crippen molar-refractivity contribution in [2.75, 3.05) is 18.6 Å². The van der Waals surface area contributed by atoms with E-state index >= 15 is 0 Å². The van der Waals surface area contributed by atoms with Crippen LogP contribution in [0, 0.1) is 0 Å². The highest BCUT2D eigenvalue weighted by atomic mass is 19.4. The monoisotopic (exact) mass is 595 g/mol. The van der Waals surface area contributed by atoms with E-state index < -0.39 is 47.4 Å². The SMILES string of the molecule is COC(=O)c1ccc(OC2CCc3cc(C(O)(C(F)(F)F)C(F)(F)F)ccc3N(C(=O)C(C)c3ccccc3)C2)cc1. The van der Waals surface area contributed by atoms with Crippen molar-refractivity contribution in [3.05, 3.63) is 95.1 Å². The highest BCUT2D eigenvalue weighted by molar-refractivity contribution is 5.98. The summed E-state index contributed by atoms with van der Waals surface area (Å²) in [4.78, 5) is 26.8. The average molecular weight is 596 g/mol. The molecule has 1 aliphatic heterocycles. The number of carbonyl (C=O) groups excluding carboxylic acids is 2. The number of nitrogens with zero attached hydrogens (tertiary/aromatic N) is 1. The number of aliphatic hydroxyl groups is 1. The predicted molar refractivity (Wildman–Crippen MR) is 140 cm³/mol. The molecule has 1 heterocycles. The van der Waals surface area contributed by atoms with Crippen molar-refractivity contribution in [1.82, 2.24) is 0 Å². The second-order valence-electron chi connectivity index (χ2n) is 9.93. The van der Waals surface area contributed by atoms with E-state index in [0.29, 0.717) is 23.4 Å². The molecule has 12 heteroatoms. The molecule has 0 spiro atoms. The third-order valence-electron chi connectivity index (χ3n) is 7.24. The lowest BCUT2D eigenvalue weighted by Crippen LogP contribution is -2.54. The molecule has 0 aliphatic carbocycles. The van der Waals surface area contributed by atoms with Crippen LogP contribution in [-0.4, -0.2) is 49.1 Å². The molecule has 0 bridgehead atoms. The summed E-state index contributed by atoms with van der Waals surface area (Å²) in [5.41, 5.74) is -5.46. The molecule has 6 nitrogen and oxygen atoms in total. The lowest BCUT2D eigenvalue weighted by Gasteiger charge is -2.34. The van der Waals surface area contributed by atoms with Crippen LogP contribution in [-0.2, 0) is 21.6 Å². The number of aryl methyl sites for hydroxylation is 1. The molecule has 3 aromatic carbocycles. The molecule has 0 aromatic heterocycles. The first-order chi connectivity index (χ1) is 19.7. The minimum atomic E-state index is -6.05. The van der Waals surface area contributed by atoms with E-state index in [9.17, 15) is 41.0 Å². The average Bonchev–Trinajstić information content (AvgIpc) is 3.14. The molecular formula is C30H27F6NO5. The van der Waals surface area contributed by atoms with E-state index in [-0.39, 0.29) is 36.2 Å². The molecule has 4 rings (SSSR count). The molecule has 224 valence electrons. The van der Waals surface area contributed by atoms with Gasteiger partial charge in [0, 0.05) is 11.3 Å². The number of anilines is 1. The quantitative estimate of drug-likeness (QED) is 0.267. The van der Waals surface area contributed by atoms with Gasteiger partial charge in [-0.1, -0.05) is 42.5 Å². The van der Waals surface area contributed by atoms with E-state index in [1.165, 1.54) is 36.3 Å². The fourth-order valence-electron chi connectivity index (χ4n) is 4.87. The highest BCUT2D eigenvalue weighted by Gasteiger charge is 2.71. The van der Waals surface area contributed by atoms with E-state index in [1.807, 2.05) is 0 Å². The van der Waals surface area contributed by atoms with Crippen LogP contribution in [0.4, 0.5) is 32.0 Å². The number of hydrogen-bond donors (Lipinski definition) is 1. The Hall–Kier alpha value is -4.06. The first-order valence-corrected chi connectivity index (χ1v) is 12.9. The summed E-state index contributed by atoms with van der Waals surface area (Å²) in [6.45, 7) is 1.58. The second kappa shape index (κ2) is 11.7. The van der Waals surface area contributed by atoms with E-state index in [4.69, 9.17) is 4.74 Å². The third kappa shape index (κ3) is 5.94. The van der Waals surface area contributed by atoms with Crippen LogP contribution in [0.2, 0.25) is 0 Å². The molecular weight excluding hydrogens is 568 g/mol. The summed E-state index contributed by atoms with van der Waals surface area (Å²) in [6.07, 6.45) is -12.8. The molecule has 0 saturated carbocycles. The molecule has 2 atom stereocenters. The normalized spacial score (nSPS) is 16.7. The summed E-state index contributed by atoms with van der Waals surface area (Å²) in [7, 11) is 1.23. The van der Waals surface area contributed by atoms with Crippen LogP contribution in [0.5, 0.6) is 5.75 Å². The maximum Gasteiger partial charge on any atom is 0.430 e. The first kappa shape index (κ1) is 30.9. The lowest BCUT2D eigenvalue weighted by molar-refractivity contribution is -0.376. The number of esters is 1. The maximum atomic E-state index is 13.8. The van der Waals surface area contributed by atoms with Gasteiger partial charge in [0.2, 0.25) is 5.91 Å². The summed E-state index contributed by atoms with van der Waals surface area (Å²) in [5.74, 6) is -1.40. The number of halogens is 6. The van der Waals surface area contributed by atoms with Crippen LogP contribution in [0.25, 0.3) is 0 Å². The fraction of sp³-hybridized carbons (Fsp3) is 0.333. The van der Waals surface area contributed by atoms with Gasteiger partial charge in [-0.3, -0.25) is 4.79 Å². The van der Waals surface area contributed by atoms with Crippen molar-refractivity contribution < 1.29 is 50.5 Å². The molecule has 0 radical (unpaired) electrons. The molecule has 1 amide bonds. The summed E-state index contributed by atoms with van der Waals surface area (Å²) < 4.78 is 92.4. The van der Waals surface area contributed by atoms with Crippen LogP contribution >= 0.6 is 0 Å².